The molecule has 1 fully saturated rings. The van der Waals surface area contributed by atoms with Crippen molar-refractivity contribution in [2.75, 3.05) is 14.2 Å². The zero-order chi connectivity index (χ0) is 16.3. The molecule has 0 aromatic heterocycles. The molecule has 1 aromatic rings. The summed E-state index contributed by atoms with van der Waals surface area (Å²) in [6.07, 6.45) is 4.17. The lowest BCUT2D eigenvalue weighted by molar-refractivity contribution is 0.310. The van der Waals surface area contributed by atoms with Gasteiger partial charge in [0.05, 0.1) is 14.2 Å². The number of ether oxygens (including phenoxy) is 2. The van der Waals surface area contributed by atoms with E-state index >= 15 is 0 Å². The monoisotopic (exact) mass is 327 g/mol. The quantitative estimate of drug-likeness (QED) is 0.903. The van der Waals surface area contributed by atoms with Crippen LogP contribution in [0, 0.1) is 12.8 Å². The first-order valence-corrected chi connectivity index (χ1v) is 9.12. The van der Waals surface area contributed by atoms with Gasteiger partial charge in [0.1, 0.15) is 16.4 Å². The molecule has 0 unspecified atom stereocenters. The fraction of sp³-hybridized carbons (Fsp3) is 0.625. The molecular formula is C16H25NO4S. The van der Waals surface area contributed by atoms with Crippen LogP contribution in [0.4, 0.5) is 0 Å². The molecule has 2 rings (SSSR count). The Labute approximate surface area is 133 Å². The third kappa shape index (κ3) is 3.55. The molecule has 1 aromatic carbocycles. The highest BCUT2D eigenvalue weighted by Crippen LogP contribution is 2.33. The summed E-state index contributed by atoms with van der Waals surface area (Å²) in [6.45, 7) is 3.95. The standard InChI is InChI=1S/C16H25NO4S/c1-11-7-5-6-8-13(11)17-22(18,19)16-10-14(20-3)12(2)9-15(16)21-4/h9-11,13,17H,5-8H2,1-4H3/t11-,13+/m1/s1. The van der Waals surface area contributed by atoms with Gasteiger partial charge in [-0.1, -0.05) is 19.8 Å². The van der Waals surface area contributed by atoms with Crippen molar-refractivity contribution >= 4 is 10.0 Å². The van der Waals surface area contributed by atoms with E-state index in [-0.39, 0.29) is 10.9 Å². The number of sulfonamides is 1. The molecule has 6 heteroatoms. The summed E-state index contributed by atoms with van der Waals surface area (Å²) < 4.78 is 38.9. The first-order valence-electron chi connectivity index (χ1n) is 7.64. The summed E-state index contributed by atoms with van der Waals surface area (Å²) in [5.74, 6) is 1.23. The molecule has 0 heterocycles. The van der Waals surface area contributed by atoms with Crippen molar-refractivity contribution in [3.8, 4) is 11.5 Å². The second-order valence-electron chi connectivity index (χ2n) is 5.96. The largest absolute Gasteiger partial charge is 0.496 e. The Morgan fingerprint density at radius 3 is 2.32 bits per heavy atom. The third-order valence-electron chi connectivity index (χ3n) is 4.39. The van der Waals surface area contributed by atoms with Crippen LogP contribution in [0.25, 0.3) is 0 Å². The van der Waals surface area contributed by atoms with Gasteiger partial charge < -0.3 is 9.47 Å². The van der Waals surface area contributed by atoms with E-state index < -0.39 is 10.0 Å². The van der Waals surface area contributed by atoms with E-state index in [2.05, 4.69) is 11.6 Å². The van der Waals surface area contributed by atoms with Crippen LogP contribution in [-0.2, 0) is 10.0 Å². The van der Waals surface area contributed by atoms with Crippen molar-refractivity contribution in [3.63, 3.8) is 0 Å². The van der Waals surface area contributed by atoms with Crippen molar-refractivity contribution < 1.29 is 17.9 Å². The second kappa shape index (κ2) is 6.87. The predicted octanol–water partition coefficient (Wildman–Crippen LogP) is 2.87. The van der Waals surface area contributed by atoms with Crippen LogP contribution >= 0.6 is 0 Å². The Morgan fingerprint density at radius 2 is 1.73 bits per heavy atom. The van der Waals surface area contributed by atoms with Crippen LogP contribution in [-0.4, -0.2) is 28.7 Å². The van der Waals surface area contributed by atoms with E-state index in [0.717, 1.165) is 24.8 Å². The lowest BCUT2D eigenvalue weighted by Gasteiger charge is -2.29. The summed E-state index contributed by atoms with van der Waals surface area (Å²) in [4.78, 5) is 0.134. The summed E-state index contributed by atoms with van der Waals surface area (Å²) in [7, 11) is -0.635. The molecular weight excluding hydrogens is 302 g/mol. The maximum atomic E-state index is 12.8. The van der Waals surface area contributed by atoms with Crippen LogP contribution in [0.1, 0.15) is 38.2 Å². The minimum absolute atomic E-state index is 0.0178. The average molecular weight is 327 g/mol. The molecule has 0 spiro atoms. The van der Waals surface area contributed by atoms with Gasteiger partial charge in [0.2, 0.25) is 10.0 Å². The number of aryl methyl sites for hydroxylation is 1. The van der Waals surface area contributed by atoms with Gasteiger partial charge in [0.25, 0.3) is 0 Å². The van der Waals surface area contributed by atoms with E-state index in [1.807, 2.05) is 6.92 Å². The number of methoxy groups -OCH3 is 2. The van der Waals surface area contributed by atoms with Gasteiger partial charge in [-0.05, 0) is 37.3 Å². The number of hydrogen-bond donors (Lipinski definition) is 1. The zero-order valence-corrected chi connectivity index (χ0v) is 14.5. The molecule has 0 bridgehead atoms. The van der Waals surface area contributed by atoms with E-state index in [0.29, 0.717) is 17.4 Å². The first kappa shape index (κ1) is 17.1. The van der Waals surface area contributed by atoms with E-state index in [1.54, 1.807) is 6.07 Å². The normalized spacial score (nSPS) is 22.4. The van der Waals surface area contributed by atoms with Gasteiger partial charge in [-0.15, -0.1) is 0 Å². The summed E-state index contributed by atoms with van der Waals surface area (Å²) in [6, 6.07) is 3.21. The Hall–Kier alpha value is -1.27. The van der Waals surface area contributed by atoms with Gasteiger partial charge in [-0.2, -0.15) is 0 Å². The molecule has 124 valence electrons. The third-order valence-corrected chi connectivity index (χ3v) is 5.90. The highest BCUT2D eigenvalue weighted by molar-refractivity contribution is 7.89. The molecule has 1 N–H and O–H groups in total. The molecule has 0 aliphatic heterocycles. The first-order chi connectivity index (χ1) is 10.4. The van der Waals surface area contributed by atoms with Crippen molar-refractivity contribution in [1.82, 2.24) is 4.72 Å². The molecule has 5 nitrogen and oxygen atoms in total. The van der Waals surface area contributed by atoms with Crippen molar-refractivity contribution in [2.24, 2.45) is 5.92 Å². The zero-order valence-electron chi connectivity index (χ0n) is 13.7. The maximum absolute atomic E-state index is 12.8. The average Bonchev–Trinajstić information content (AvgIpc) is 2.48. The number of rotatable bonds is 5. The molecule has 1 saturated carbocycles. The minimum atomic E-state index is -3.64. The second-order valence-corrected chi connectivity index (χ2v) is 7.64. The van der Waals surface area contributed by atoms with Crippen molar-refractivity contribution in [2.45, 2.75) is 50.5 Å². The van der Waals surface area contributed by atoms with Gasteiger partial charge in [0.15, 0.2) is 0 Å². The SMILES string of the molecule is COc1cc(S(=O)(=O)N[C@H]2CCCC[C@H]2C)c(OC)cc1C. The minimum Gasteiger partial charge on any atom is -0.496 e. The molecule has 1 aliphatic rings. The lowest BCUT2D eigenvalue weighted by Crippen LogP contribution is -2.41. The topological polar surface area (TPSA) is 64.6 Å². The summed E-state index contributed by atoms with van der Waals surface area (Å²) >= 11 is 0. The van der Waals surface area contributed by atoms with Gasteiger partial charge in [0, 0.05) is 12.1 Å². The highest BCUT2D eigenvalue weighted by Gasteiger charge is 2.29. The molecule has 0 amide bonds. The van der Waals surface area contributed by atoms with E-state index in [4.69, 9.17) is 9.47 Å². The predicted molar refractivity (Wildman–Crippen MR) is 86.0 cm³/mol. The van der Waals surface area contributed by atoms with Gasteiger partial charge >= 0.3 is 0 Å². The molecule has 0 radical (unpaired) electrons. The number of benzene rings is 1. The van der Waals surface area contributed by atoms with Crippen LogP contribution in [0.2, 0.25) is 0 Å². The van der Waals surface area contributed by atoms with Crippen LogP contribution in [0.15, 0.2) is 17.0 Å². The Bertz CT molecular complexity index is 627. The fourth-order valence-corrected chi connectivity index (χ4v) is 4.53. The number of hydrogen-bond acceptors (Lipinski definition) is 4. The van der Waals surface area contributed by atoms with Gasteiger partial charge in [-0.25, -0.2) is 13.1 Å². The maximum Gasteiger partial charge on any atom is 0.244 e. The Balaban J connectivity index is 2.35. The molecule has 0 saturated heterocycles. The highest BCUT2D eigenvalue weighted by atomic mass is 32.2. The van der Waals surface area contributed by atoms with E-state index in [1.165, 1.54) is 26.7 Å². The van der Waals surface area contributed by atoms with Crippen LogP contribution in [0.3, 0.4) is 0 Å². The van der Waals surface area contributed by atoms with Crippen LogP contribution < -0.4 is 14.2 Å². The van der Waals surface area contributed by atoms with Crippen molar-refractivity contribution in [1.29, 1.82) is 0 Å². The Morgan fingerprint density at radius 1 is 1.09 bits per heavy atom. The summed E-state index contributed by atoms with van der Waals surface area (Å²) in [5.41, 5.74) is 0.837. The molecule has 22 heavy (non-hydrogen) atoms. The van der Waals surface area contributed by atoms with Crippen LogP contribution in [0.5, 0.6) is 11.5 Å². The van der Waals surface area contributed by atoms with Gasteiger partial charge in [-0.3, -0.25) is 0 Å². The number of nitrogens with one attached hydrogen (secondary N) is 1. The molecule has 2 atom stereocenters. The summed E-state index contributed by atoms with van der Waals surface area (Å²) in [5, 5.41) is 0. The van der Waals surface area contributed by atoms with E-state index in [9.17, 15) is 8.42 Å². The fourth-order valence-electron chi connectivity index (χ4n) is 2.99. The smallest absolute Gasteiger partial charge is 0.244 e. The molecule has 1 aliphatic carbocycles. The lowest BCUT2D eigenvalue weighted by atomic mass is 9.87. The van der Waals surface area contributed by atoms with Crippen molar-refractivity contribution in [3.05, 3.63) is 17.7 Å². The Kier molecular flexibility index (Phi) is 5.34.